The van der Waals surface area contributed by atoms with Gasteiger partial charge in [0.1, 0.15) is 0 Å². The minimum Gasteiger partial charge on any atom is -0.404 e. The Morgan fingerprint density at radius 3 is 2.40 bits per heavy atom. The molecule has 1 aromatic rings. The summed E-state index contributed by atoms with van der Waals surface area (Å²) in [4.78, 5) is 0. The molecular formula is C6H7BFNO. The minimum absolute atomic E-state index is 0.567. The van der Waals surface area contributed by atoms with Crippen LogP contribution in [0.3, 0.4) is 0 Å². The molecule has 0 unspecified atom stereocenters. The molecule has 0 radical (unpaired) electrons. The quantitative estimate of drug-likeness (QED) is 0.600. The normalized spacial score (nSPS) is 9.00. The first-order chi connectivity index (χ1) is 4.79. The summed E-state index contributed by atoms with van der Waals surface area (Å²) in [5, 5.41) is 10.4. The lowest BCUT2D eigenvalue weighted by atomic mass is 10.1. The fourth-order valence-corrected chi connectivity index (χ4v) is 0.672. The third kappa shape index (κ3) is 2.07. The Labute approximate surface area is 58.9 Å². The molecule has 0 aliphatic rings. The third-order valence-electron chi connectivity index (χ3n) is 1.06. The van der Waals surface area contributed by atoms with Crippen molar-refractivity contribution >= 4 is 13.0 Å². The first-order valence-corrected chi connectivity index (χ1v) is 2.93. The van der Waals surface area contributed by atoms with E-state index in [1.807, 2.05) is 6.07 Å². The van der Waals surface area contributed by atoms with Gasteiger partial charge in [0.05, 0.1) is 0 Å². The molecule has 0 heterocycles. The molecule has 2 N–H and O–H groups in total. The second-order valence-corrected chi connectivity index (χ2v) is 1.85. The van der Waals surface area contributed by atoms with Crippen molar-refractivity contribution in [3.63, 3.8) is 0 Å². The maximum absolute atomic E-state index is 11.8. The second kappa shape index (κ2) is 3.22. The molecule has 0 bridgehead atoms. The number of para-hydroxylation sites is 1. The number of halogens is 1. The molecule has 4 heteroatoms. The molecule has 0 aromatic heterocycles. The van der Waals surface area contributed by atoms with Crippen molar-refractivity contribution in [1.29, 1.82) is 0 Å². The van der Waals surface area contributed by atoms with Gasteiger partial charge in [-0.25, -0.2) is 0 Å². The fraction of sp³-hybridized carbons (Fsp3) is 0. The lowest BCUT2D eigenvalue weighted by Crippen LogP contribution is -2.17. The minimum atomic E-state index is -1.98. The molecule has 10 heavy (non-hydrogen) atoms. The molecule has 2 nitrogen and oxygen atoms in total. The fourth-order valence-electron chi connectivity index (χ4n) is 0.672. The standard InChI is InChI=1S/C6H7BFNO/c8-7(10)9-6-4-2-1-3-5-6/h1-5,9-10H. The van der Waals surface area contributed by atoms with E-state index in [0.29, 0.717) is 5.69 Å². The van der Waals surface area contributed by atoms with Gasteiger partial charge in [-0.2, -0.15) is 0 Å². The van der Waals surface area contributed by atoms with Crippen LogP contribution in [-0.4, -0.2) is 12.4 Å². The van der Waals surface area contributed by atoms with Crippen molar-refractivity contribution in [1.82, 2.24) is 0 Å². The molecule has 0 spiro atoms. The second-order valence-electron chi connectivity index (χ2n) is 1.85. The average molecular weight is 139 g/mol. The maximum Gasteiger partial charge on any atom is 0.627 e. The van der Waals surface area contributed by atoms with Gasteiger partial charge in [0.15, 0.2) is 0 Å². The smallest absolute Gasteiger partial charge is 0.404 e. The number of benzene rings is 1. The third-order valence-corrected chi connectivity index (χ3v) is 1.06. The number of hydrogen-bond acceptors (Lipinski definition) is 2. The van der Waals surface area contributed by atoms with Crippen molar-refractivity contribution in [2.45, 2.75) is 0 Å². The topological polar surface area (TPSA) is 32.3 Å². The average Bonchev–Trinajstić information content (AvgIpc) is 1.88. The molecule has 0 fully saturated rings. The molecule has 52 valence electrons. The van der Waals surface area contributed by atoms with E-state index < -0.39 is 7.33 Å². The van der Waals surface area contributed by atoms with E-state index in [1.54, 1.807) is 24.3 Å². The van der Waals surface area contributed by atoms with Crippen LogP contribution < -0.4 is 5.23 Å². The monoisotopic (exact) mass is 139 g/mol. The SMILES string of the molecule is OB(F)Nc1ccccc1. The zero-order valence-electron chi connectivity index (χ0n) is 5.29. The van der Waals surface area contributed by atoms with Gasteiger partial charge < -0.3 is 10.3 Å². The van der Waals surface area contributed by atoms with Crippen LogP contribution in [0.4, 0.5) is 10.0 Å². The molecule has 0 amide bonds. The van der Waals surface area contributed by atoms with Gasteiger partial charge in [-0.3, -0.25) is 4.32 Å². The van der Waals surface area contributed by atoms with E-state index in [4.69, 9.17) is 5.02 Å². The van der Waals surface area contributed by atoms with Crippen molar-refractivity contribution in [3.05, 3.63) is 30.3 Å². The van der Waals surface area contributed by atoms with Gasteiger partial charge in [0, 0.05) is 5.69 Å². The van der Waals surface area contributed by atoms with Crippen molar-refractivity contribution in [2.75, 3.05) is 5.23 Å². The first-order valence-electron chi connectivity index (χ1n) is 2.93. The summed E-state index contributed by atoms with van der Waals surface area (Å²) in [6, 6.07) is 8.66. The Balaban J connectivity index is 2.59. The predicted octanol–water partition coefficient (Wildman–Crippen LogP) is 1.05. The van der Waals surface area contributed by atoms with Crippen LogP contribution in [0.1, 0.15) is 0 Å². The number of nitrogens with one attached hydrogen (secondary N) is 1. The Morgan fingerprint density at radius 1 is 1.30 bits per heavy atom. The van der Waals surface area contributed by atoms with Crippen molar-refractivity contribution in [3.8, 4) is 0 Å². The largest absolute Gasteiger partial charge is 0.627 e. The van der Waals surface area contributed by atoms with E-state index in [0.717, 1.165) is 0 Å². The Morgan fingerprint density at radius 2 is 1.90 bits per heavy atom. The van der Waals surface area contributed by atoms with Crippen LogP contribution in [0, 0.1) is 0 Å². The van der Waals surface area contributed by atoms with E-state index in [9.17, 15) is 4.32 Å². The number of rotatable bonds is 2. The van der Waals surface area contributed by atoms with Gasteiger partial charge >= 0.3 is 7.33 Å². The van der Waals surface area contributed by atoms with Gasteiger partial charge in [0.2, 0.25) is 0 Å². The first kappa shape index (κ1) is 7.09. The van der Waals surface area contributed by atoms with Crippen LogP contribution in [-0.2, 0) is 0 Å². The van der Waals surface area contributed by atoms with Crippen LogP contribution in [0.25, 0.3) is 0 Å². The van der Waals surface area contributed by atoms with E-state index >= 15 is 0 Å². The lowest BCUT2D eigenvalue weighted by Gasteiger charge is -2.00. The van der Waals surface area contributed by atoms with E-state index in [1.165, 1.54) is 0 Å². The summed E-state index contributed by atoms with van der Waals surface area (Å²) in [5.74, 6) is 0. The summed E-state index contributed by atoms with van der Waals surface area (Å²) in [6.07, 6.45) is 0. The van der Waals surface area contributed by atoms with Gasteiger partial charge in [0.25, 0.3) is 0 Å². The zero-order chi connectivity index (χ0) is 7.40. The maximum atomic E-state index is 11.8. The van der Waals surface area contributed by atoms with Crippen LogP contribution >= 0.6 is 0 Å². The molecule has 1 aromatic carbocycles. The van der Waals surface area contributed by atoms with Gasteiger partial charge in [-0.1, -0.05) is 18.2 Å². The summed E-state index contributed by atoms with van der Waals surface area (Å²) < 4.78 is 11.8. The number of anilines is 1. The highest BCUT2D eigenvalue weighted by Gasteiger charge is 2.07. The predicted molar refractivity (Wildman–Crippen MR) is 39.1 cm³/mol. The lowest BCUT2D eigenvalue weighted by molar-refractivity contribution is 0.505. The summed E-state index contributed by atoms with van der Waals surface area (Å²) in [5.41, 5.74) is 0.567. The Bertz CT molecular complexity index is 192. The summed E-state index contributed by atoms with van der Waals surface area (Å²) in [6.45, 7) is 0. The van der Waals surface area contributed by atoms with Crippen molar-refractivity contribution < 1.29 is 9.34 Å². The van der Waals surface area contributed by atoms with Crippen molar-refractivity contribution in [2.24, 2.45) is 0 Å². The summed E-state index contributed by atoms with van der Waals surface area (Å²) >= 11 is 0. The molecule has 0 atom stereocenters. The van der Waals surface area contributed by atoms with Crippen LogP contribution in [0.2, 0.25) is 0 Å². The van der Waals surface area contributed by atoms with Crippen LogP contribution in [0.15, 0.2) is 30.3 Å². The highest BCUT2D eigenvalue weighted by Crippen LogP contribution is 2.04. The molecular weight excluding hydrogens is 132 g/mol. The zero-order valence-corrected chi connectivity index (χ0v) is 5.29. The van der Waals surface area contributed by atoms with E-state index in [2.05, 4.69) is 5.23 Å². The van der Waals surface area contributed by atoms with Crippen LogP contribution in [0.5, 0.6) is 0 Å². The molecule has 0 saturated carbocycles. The highest BCUT2D eigenvalue weighted by molar-refractivity contribution is 6.46. The molecule has 0 aliphatic carbocycles. The molecule has 0 saturated heterocycles. The molecule has 0 aliphatic heterocycles. The Kier molecular flexibility index (Phi) is 2.28. The summed E-state index contributed by atoms with van der Waals surface area (Å²) in [7, 11) is -1.98. The molecule has 1 rings (SSSR count). The van der Waals surface area contributed by atoms with E-state index in [-0.39, 0.29) is 0 Å². The number of hydrogen-bond donors (Lipinski definition) is 2. The van der Waals surface area contributed by atoms with Gasteiger partial charge in [-0.05, 0) is 12.1 Å². The van der Waals surface area contributed by atoms with Gasteiger partial charge in [-0.15, -0.1) is 0 Å². The highest BCUT2D eigenvalue weighted by atomic mass is 19.1. The Hall–Kier alpha value is -1.03.